The number of nitrogens with one attached hydrogen (secondary N) is 2. The van der Waals surface area contributed by atoms with Crippen LogP contribution in [0.2, 0.25) is 0 Å². The van der Waals surface area contributed by atoms with Gasteiger partial charge < -0.3 is 10.3 Å². The number of rotatable bonds is 5. The summed E-state index contributed by atoms with van der Waals surface area (Å²) in [5.74, 6) is 1.11. The largest absolute Gasteiger partial charge is 0.353 e. The van der Waals surface area contributed by atoms with Gasteiger partial charge >= 0.3 is 0 Å². The third-order valence-corrected chi connectivity index (χ3v) is 6.88. The van der Waals surface area contributed by atoms with E-state index < -0.39 is 0 Å². The number of hydrogen-bond acceptors (Lipinski definition) is 5. The summed E-state index contributed by atoms with van der Waals surface area (Å²) in [7, 11) is 0. The van der Waals surface area contributed by atoms with Crippen LogP contribution in [0.4, 0.5) is 0 Å². The molecule has 1 fully saturated rings. The average molecular weight is 366 g/mol. The van der Waals surface area contributed by atoms with Crippen molar-refractivity contribution >= 4 is 39.2 Å². The standard InChI is InChI=1S/C17H23N3O2S2/c1-9-10(2)24-17-14(9)16(22)19-15(20-17)11(3)23-8-13(21)18-12-6-4-5-7-12/h11-12H,4-8H2,1-3H3,(H,18,21)(H,19,20,22). The second kappa shape index (κ2) is 7.27. The van der Waals surface area contributed by atoms with Gasteiger partial charge in [-0.05, 0) is 39.2 Å². The number of thioether (sulfide) groups is 1. The van der Waals surface area contributed by atoms with Crippen molar-refractivity contribution in [2.24, 2.45) is 0 Å². The van der Waals surface area contributed by atoms with E-state index in [1.54, 1.807) is 11.3 Å². The Kier molecular flexibility index (Phi) is 5.30. The maximum Gasteiger partial charge on any atom is 0.259 e. The van der Waals surface area contributed by atoms with E-state index in [9.17, 15) is 9.59 Å². The summed E-state index contributed by atoms with van der Waals surface area (Å²) >= 11 is 3.06. The Morgan fingerprint density at radius 2 is 2.12 bits per heavy atom. The van der Waals surface area contributed by atoms with E-state index in [-0.39, 0.29) is 16.7 Å². The fraction of sp³-hybridized carbons (Fsp3) is 0.588. The van der Waals surface area contributed by atoms with Crippen molar-refractivity contribution < 1.29 is 4.79 Å². The van der Waals surface area contributed by atoms with E-state index in [1.807, 2.05) is 20.8 Å². The predicted molar refractivity (Wildman–Crippen MR) is 101 cm³/mol. The molecule has 2 aromatic heterocycles. The molecule has 0 saturated heterocycles. The number of nitrogens with zero attached hydrogens (tertiary/aromatic N) is 1. The van der Waals surface area contributed by atoms with Crippen molar-refractivity contribution in [3.05, 3.63) is 26.6 Å². The van der Waals surface area contributed by atoms with E-state index in [4.69, 9.17) is 0 Å². The van der Waals surface area contributed by atoms with Gasteiger partial charge in [0.1, 0.15) is 10.7 Å². The van der Waals surface area contributed by atoms with Gasteiger partial charge in [0.2, 0.25) is 5.91 Å². The van der Waals surface area contributed by atoms with Crippen molar-refractivity contribution in [1.82, 2.24) is 15.3 Å². The first-order chi connectivity index (χ1) is 11.5. The first kappa shape index (κ1) is 17.5. The molecule has 5 nitrogen and oxygen atoms in total. The van der Waals surface area contributed by atoms with Crippen molar-refractivity contribution in [3.63, 3.8) is 0 Å². The first-order valence-electron chi connectivity index (χ1n) is 8.36. The van der Waals surface area contributed by atoms with E-state index in [0.29, 0.717) is 23.0 Å². The minimum absolute atomic E-state index is 0.0286. The number of amides is 1. The zero-order valence-electron chi connectivity index (χ0n) is 14.3. The molecule has 1 unspecified atom stereocenters. The number of carbonyl (C=O) groups excluding carboxylic acids is 1. The number of thiophene rings is 1. The van der Waals surface area contributed by atoms with Gasteiger partial charge in [0.05, 0.1) is 16.4 Å². The molecule has 3 rings (SSSR count). The van der Waals surface area contributed by atoms with Crippen LogP contribution in [0.15, 0.2) is 4.79 Å². The van der Waals surface area contributed by atoms with Crippen molar-refractivity contribution in [1.29, 1.82) is 0 Å². The SMILES string of the molecule is Cc1sc2nc(C(C)SCC(=O)NC3CCCC3)[nH]c(=O)c2c1C. The molecule has 0 aliphatic heterocycles. The molecule has 1 amide bonds. The molecule has 2 heterocycles. The summed E-state index contributed by atoms with van der Waals surface area (Å²) in [5.41, 5.74) is 0.922. The highest BCUT2D eigenvalue weighted by Gasteiger charge is 2.19. The summed E-state index contributed by atoms with van der Waals surface area (Å²) < 4.78 is 0. The zero-order valence-corrected chi connectivity index (χ0v) is 15.9. The first-order valence-corrected chi connectivity index (χ1v) is 10.2. The van der Waals surface area contributed by atoms with Crippen LogP contribution >= 0.6 is 23.1 Å². The predicted octanol–water partition coefficient (Wildman–Crippen LogP) is 3.45. The number of H-pyrrole nitrogens is 1. The number of fused-ring (bicyclic) bond motifs is 1. The Morgan fingerprint density at radius 3 is 2.83 bits per heavy atom. The lowest BCUT2D eigenvalue weighted by Crippen LogP contribution is -2.34. The number of aryl methyl sites for hydroxylation is 2. The highest BCUT2D eigenvalue weighted by atomic mass is 32.2. The van der Waals surface area contributed by atoms with Gasteiger partial charge in [-0.15, -0.1) is 23.1 Å². The van der Waals surface area contributed by atoms with Crippen LogP contribution < -0.4 is 10.9 Å². The van der Waals surface area contributed by atoms with Crippen LogP contribution in [0.25, 0.3) is 10.2 Å². The fourth-order valence-corrected chi connectivity index (χ4v) is 4.87. The van der Waals surface area contributed by atoms with Gasteiger partial charge in [-0.1, -0.05) is 12.8 Å². The van der Waals surface area contributed by atoms with Crippen molar-refractivity contribution in [3.8, 4) is 0 Å². The van der Waals surface area contributed by atoms with Crippen LogP contribution in [-0.4, -0.2) is 27.7 Å². The molecule has 2 aromatic rings. The Labute approximate surface area is 149 Å². The second-order valence-electron chi connectivity index (χ2n) is 6.42. The van der Waals surface area contributed by atoms with E-state index in [0.717, 1.165) is 28.1 Å². The molecule has 1 aliphatic rings. The molecular weight excluding hydrogens is 342 g/mol. The molecule has 130 valence electrons. The monoisotopic (exact) mass is 365 g/mol. The van der Waals surface area contributed by atoms with Gasteiger partial charge in [-0.2, -0.15) is 0 Å². The second-order valence-corrected chi connectivity index (χ2v) is 8.95. The number of aromatic amines is 1. The number of aromatic nitrogens is 2. The molecule has 0 spiro atoms. The van der Waals surface area contributed by atoms with Crippen molar-refractivity contribution in [2.75, 3.05) is 5.75 Å². The van der Waals surface area contributed by atoms with Gasteiger partial charge in [0.25, 0.3) is 5.56 Å². The smallest absolute Gasteiger partial charge is 0.259 e. The normalized spacial score (nSPS) is 16.6. The highest BCUT2D eigenvalue weighted by Crippen LogP contribution is 2.30. The Morgan fingerprint density at radius 1 is 1.42 bits per heavy atom. The van der Waals surface area contributed by atoms with Crippen LogP contribution in [0, 0.1) is 13.8 Å². The van der Waals surface area contributed by atoms with Crippen LogP contribution in [0.5, 0.6) is 0 Å². The topological polar surface area (TPSA) is 74.8 Å². The van der Waals surface area contributed by atoms with Gasteiger partial charge in [-0.25, -0.2) is 4.98 Å². The van der Waals surface area contributed by atoms with E-state index >= 15 is 0 Å². The maximum absolute atomic E-state index is 12.3. The van der Waals surface area contributed by atoms with E-state index in [1.165, 1.54) is 24.6 Å². The summed E-state index contributed by atoms with van der Waals surface area (Å²) in [6.45, 7) is 5.94. The van der Waals surface area contributed by atoms with E-state index in [2.05, 4.69) is 15.3 Å². The number of hydrogen-bond donors (Lipinski definition) is 2. The fourth-order valence-electron chi connectivity index (χ4n) is 3.08. The lowest BCUT2D eigenvalue weighted by molar-refractivity contribution is -0.119. The molecule has 0 aromatic carbocycles. The average Bonchev–Trinajstić information content (AvgIpc) is 3.13. The Bertz CT molecular complexity index is 806. The van der Waals surface area contributed by atoms with Gasteiger partial charge in [-0.3, -0.25) is 9.59 Å². The molecule has 1 aliphatic carbocycles. The van der Waals surface area contributed by atoms with Crippen LogP contribution in [0.1, 0.15) is 54.1 Å². The molecule has 2 N–H and O–H groups in total. The maximum atomic E-state index is 12.3. The molecule has 7 heteroatoms. The number of carbonyl (C=O) groups is 1. The molecule has 1 saturated carbocycles. The van der Waals surface area contributed by atoms with Crippen LogP contribution in [0.3, 0.4) is 0 Å². The minimum Gasteiger partial charge on any atom is -0.353 e. The summed E-state index contributed by atoms with van der Waals surface area (Å²) in [6, 6.07) is 0.347. The van der Waals surface area contributed by atoms with Gasteiger partial charge in [0, 0.05) is 10.9 Å². The van der Waals surface area contributed by atoms with Gasteiger partial charge in [0.15, 0.2) is 0 Å². The molecular formula is C17H23N3O2S2. The third kappa shape index (κ3) is 3.67. The summed E-state index contributed by atoms with van der Waals surface area (Å²) in [5, 5.41) is 3.75. The molecule has 1 atom stereocenters. The van der Waals surface area contributed by atoms with Crippen LogP contribution in [-0.2, 0) is 4.79 Å². The molecule has 0 radical (unpaired) electrons. The highest BCUT2D eigenvalue weighted by molar-refractivity contribution is 8.00. The lowest BCUT2D eigenvalue weighted by atomic mass is 10.2. The Hall–Kier alpha value is -1.34. The minimum atomic E-state index is -0.0836. The summed E-state index contributed by atoms with van der Waals surface area (Å²) in [6.07, 6.45) is 4.60. The zero-order chi connectivity index (χ0) is 17.3. The lowest BCUT2D eigenvalue weighted by Gasteiger charge is -2.14. The third-order valence-electron chi connectivity index (χ3n) is 4.63. The van der Waals surface area contributed by atoms with Crippen molar-refractivity contribution in [2.45, 2.75) is 57.7 Å². The quantitative estimate of drug-likeness (QED) is 0.851. The molecule has 24 heavy (non-hydrogen) atoms. The Balaban J connectivity index is 1.66. The summed E-state index contributed by atoms with van der Waals surface area (Å²) in [4.78, 5) is 33.8. The molecule has 0 bridgehead atoms.